The Labute approximate surface area is 95.0 Å². The number of aryl methyl sites for hydroxylation is 1. The standard InChI is InChI=1S/C15H13N/c1-12-15(13-7-3-2-4-8-13)11-14-9-5-6-10-16(12)14/h2-11H,1H3. The maximum absolute atomic E-state index is 2.24. The minimum atomic E-state index is 1.25. The molecule has 2 heterocycles. The minimum Gasteiger partial charge on any atom is -0.321 e. The number of aromatic nitrogens is 1. The third kappa shape index (κ3) is 1.33. The second kappa shape index (κ2) is 3.53. The highest BCUT2D eigenvalue weighted by atomic mass is 14.9. The van der Waals surface area contributed by atoms with E-state index in [0.29, 0.717) is 0 Å². The normalized spacial score (nSPS) is 10.8. The summed E-state index contributed by atoms with van der Waals surface area (Å²) in [5.41, 5.74) is 5.14. The molecule has 0 saturated heterocycles. The van der Waals surface area contributed by atoms with Crippen LogP contribution in [0.4, 0.5) is 0 Å². The van der Waals surface area contributed by atoms with Crippen LogP contribution in [0.25, 0.3) is 16.6 Å². The fraction of sp³-hybridized carbons (Fsp3) is 0.0667. The van der Waals surface area contributed by atoms with Gasteiger partial charge in [0.05, 0.1) is 0 Å². The molecule has 0 saturated carbocycles. The first-order valence-corrected chi connectivity index (χ1v) is 5.48. The van der Waals surface area contributed by atoms with Gasteiger partial charge in [0.15, 0.2) is 0 Å². The van der Waals surface area contributed by atoms with Crippen molar-refractivity contribution in [3.8, 4) is 11.1 Å². The topological polar surface area (TPSA) is 4.41 Å². The molecule has 0 fully saturated rings. The minimum absolute atomic E-state index is 1.25. The number of fused-ring (bicyclic) bond motifs is 1. The van der Waals surface area contributed by atoms with E-state index >= 15 is 0 Å². The van der Waals surface area contributed by atoms with Crippen LogP contribution in [0.3, 0.4) is 0 Å². The molecule has 0 amide bonds. The highest BCUT2D eigenvalue weighted by molar-refractivity contribution is 5.73. The van der Waals surface area contributed by atoms with Gasteiger partial charge in [0, 0.05) is 23.0 Å². The van der Waals surface area contributed by atoms with E-state index in [9.17, 15) is 0 Å². The average Bonchev–Trinajstić information content (AvgIpc) is 2.69. The maximum Gasteiger partial charge on any atom is 0.0459 e. The van der Waals surface area contributed by atoms with Crippen molar-refractivity contribution in [1.82, 2.24) is 4.40 Å². The lowest BCUT2D eigenvalue weighted by Crippen LogP contribution is -1.85. The molecule has 16 heavy (non-hydrogen) atoms. The van der Waals surface area contributed by atoms with Gasteiger partial charge in [0.25, 0.3) is 0 Å². The van der Waals surface area contributed by atoms with Crippen molar-refractivity contribution in [2.75, 3.05) is 0 Å². The van der Waals surface area contributed by atoms with Crippen LogP contribution in [-0.2, 0) is 0 Å². The lowest BCUT2D eigenvalue weighted by Gasteiger charge is -2.00. The Morgan fingerprint density at radius 1 is 0.875 bits per heavy atom. The Morgan fingerprint density at radius 2 is 1.62 bits per heavy atom. The molecule has 78 valence electrons. The van der Waals surface area contributed by atoms with E-state index < -0.39 is 0 Å². The van der Waals surface area contributed by atoms with Crippen LogP contribution < -0.4 is 0 Å². The zero-order valence-corrected chi connectivity index (χ0v) is 9.22. The van der Waals surface area contributed by atoms with Crippen LogP contribution >= 0.6 is 0 Å². The Kier molecular flexibility index (Phi) is 2.03. The van der Waals surface area contributed by atoms with Crippen LogP contribution in [-0.4, -0.2) is 4.40 Å². The van der Waals surface area contributed by atoms with Gasteiger partial charge in [0.2, 0.25) is 0 Å². The largest absolute Gasteiger partial charge is 0.321 e. The zero-order valence-electron chi connectivity index (χ0n) is 9.22. The van der Waals surface area contributed by atoms with E-state index in [-0.39, 0.29) is 0 Å². The Morgan fingerprint density at radius 3 is 2.38 bits per heavy atom. The van der Waals surface area contributed by atoms with E-state index in [4.69, 9.17) is 0 Å². The number of hydrogen-bond acceptors (Lipinski definition) is 0. The molecule has 0 aliphatic carbocycles. The van der Waals surface area contributed by atoms with Crippen molar-refractivity contribution in [2.45, 2.75) is 6.92 Å². The van der Waals surface area contributed by atoms with E-state index in [1.165, 1.54) is 22.3 Å². The summed E-state index contributed by atoms with van der Waals surface area (Å²) in [5.74, 6) is 0. The molecule has 1 heteroatoms. The molecule has 3 rings (SSSR count). The van der Waals surface area contributed by atoms with Gasteiger partial charge in [-0.2, -0.15) is 0 Å². The average molecular weight is 207 g/mol. The molecule has 0 unspecified atom stereocenters. The SMILES string of the molecule is Cc1c(-c2ccccc2)cc2ccccn12. The van der Waals surface area contributed by atoms with E-state index in [1.54, 1.807) is 0 Å². The summed E-state index contributed by atoms with van der Waals surface area (Å²) in [7, 11) is 0. The van der Waals surface area contributed by atoms with Crippen LogP contribution in [0.1, 0.15) is 5.69 Å². The molecule has 0 atom stereocenters. The van der Waals surface area contributed by atoms with Gasteiger partial charge >= 0.3 is 0 Å². The van der Waals surface area contributed by atoms with Crippen molar-refractivity contribution < 1.29 is 0 Å². The highest BCUT2D eigenvalue weighted by Crippen LogP contribution is 2.26. The Bertz CT molecular complexity index is 620. The van der Waals surface area contributed by atoms with Gasteiger partial charge in [-0.15, -0.1) is 0 Å². The summed E-state index contributed by atoms with van der Waals surface area (Å²) in [6.45, 7) is 2.16. The molecule has 0 N–H and O–H groups in total. The smallest absolute Gasteiger partial charge is 0.0459 e. The van der Waals surface area contributed by atoms with Crippen molar-refractivity contribution in [2.24, 2.45) is 0 Å². The molecule has 0 aliphatic heterocycles. The number of pyridine rings is 1. The van der Waals surface area contributed by atoms with Gasteiger partial charge in [-0.1, -0.05) is 36.4 Å². The number of nitrogens with zero attached hydrogens (tertiary/aromatic N) is 1. The third-order valence-corrected chi connectivity index (χ3v) is 3.02. The van der Waals surface area contributed by atoms with Gasteiger partial charge < -0.3 is 4.40 Å². The Balaban J connectivity index is 2.29. The molecule has 0 bridgehead atoms. The number of rotatable bonds is 1. The summed E-state index contributed by atoms with van der Waals surface area (Å²) in [4.78, 5) is 0. The molecule has 1 aromatic carbocycles. The van der Waals surface area contributed by atoms with Crippen LogP contribution in [0.2, 0.25) is 0 Å². The van der Waals surface area contributed by atoms with Crippen molar-refractivity contribution in [1.29, 1.82) is 0 Å². The zero-order chi connectivity index (χ0) is 11.0. The van der Waals surface area contributed by atoms with E-state index in [1.807, 2.05) is 0 Å². The second-order valence-corrected chi connectivity index (χ2v) is 4.00. The van der Waals surface area contributed by atoms with Crippen LogP contribution in [0.5, 0.6) is 0 Å². The third-order valence-electron chi connectivity index (χ3n) is 3.02. The van der Waals surface area contributed by atoms with Crippen molar-refractivity contribution >= 4 is 5.52 Å². The van der Waals surface area contributed by atoms with Gasteiger partial charge in [-0.05, 0) is 30.7 Å². The molecule has 0 spiro atoms. The summed E-state index contributed by atoms with van der Waals surface area (Å²) < 4.78 is 2.22. The highest BCUT2D eigenvalue weighted by Gasteiger charge is 2.06. The Hall–Kier alpha value is -2.02. The molecule has 1 nitrogen and oxygen atoms in total. The van der Waals surface area contributed by atoms with Gasteiger partial charge in [0.1, 0.15) is 0 Å². The summed E-state index contributed by atoms with van der Waals surface area (Å²) >= 11 is 0. The van der Waals surface area contributed by atoms with Crippen LogP contribution in [0.15, 0.2) is 60.8 Å². The molecule has 2 aromatic heterocycles. The number of hydrogen-bond donors (Lipinski definition) is 0. The summed E-state index contributed by atoms with van der Waals surface area (Å²) in [5, 5.41) is 0. The molecule has 0 radical (unpaired) electrons. The fourth-order valence-electron chi connectivity index (χ4n) is 2.17. The molecular formula is C15H13N. The lowest BCUT2D eigenvalue weighted by molar-refractivity contribution is 1.11. The predicted octanol–water partition coefficient (Wildman–Crippen LogP) is 3.91. The molecular weight excluding hydrogens is 194 g/mol. The second-order valence-electron chi connectivity index (χ2n) is 4.00. The first-order chi connectivity index (χ1) is 7.86. The van der Waals surface area contributed by atoms with Gasteiger partial charge in [-0.25, -0.2) is 0 Å². The quantitative estimate of drug-likeness (QED) is 0.569. The van der Waals surface area contributed by atoms with E-state index in [2.05, 4.69) is 72.1 Å². The maximum atomic E-state index is 2.24. The molecule has 0 aliphatic rings. The first-order valence-electron chi connectivity index (χ1n) is 5.48. The summed E-state index contributed by atoms with van der Waals surface area (Å²) in [6, 6.07) is 19.0. The van der Waals surface area contributed by atoms with E-state index in [0.717, 1.165) is 0 Å². The predicted molar refractivity (Wildman–Crippen MR) is 67.6 cm³/mol. The monoisotopic (exact) mass is 207 g/mol. The van der Waals surface area contributed by atoms with Crippen LogP contribution in [0, 0.1) is 6.92 Å². The van der Waals surface area contributed by atoms with Gasteiger partial charge in [-0.3, -0.25) is 0 Å². The first kappa shape index (κ1) is 9.22. The fourth-order valence-corrected chi connectivity index (χ4v) is 2.17. The lowest BCUT2D eigenvalue weighted by atomic mass is 10.1. The molecule has 3 aromatic rings. The summed E-state index contributed by atoms with van der Waals surface area (Å²) in [6.07, 6.45) is 2.11. The van der Waals surface area contributed by atoms with Crippen molar-refractivity contribution in [3.05, 3.63) is 66.5 Å². The van der Waals surface area contributed by atoms with Crippen molar-refractivity contribution in [3.63, 3.8) is 0 Å². The number of benzene rings is 1.